The lowest BCUT2D eigenvalue weighted by Crippen LogP contribution is -1.99. The molecule has 8 heteroatoms. The lowest BCUT2D eigenvalue weighted by Gasteiger charge is -2.14. The number of hydrazone groups is 1. The zero-order valence-corrected chi connectivity index (χ0v) is 16.3. The number of methoxy groups -OCH3 is 1. The number of nitrogens with zero attached hydrogens (tertiary/aromatic N) is 2. The van der Waals surface area contributed by atoms with Crippen molar-refractivity contribution in [2.45, 2.75) is 13.8 Å². The van der Waals surface area contributed by atoms with Gasteiger partial charge in [-0.2, -0.15) is 5.10 Å². The van der Waals surface area contributed by atoms with Gasteiger partial charge < -0.3 is 9.47 Å². The first kappa shape index (κ1) is 17.2. The number of benzene rings is 1. The van der Waals surface area contributed by atoms with E-state index in [2.05, 4.69) is 47.4 Å². The van der Waals surface area contributed by atoms with Gasteiger partial charge in [0.15, 0.2) is 11.5 Å². The van der Waals surface area contributed by atoms with Gasteiger partial charge in [-0.15, -0.1) is 11.3 Å². The highest BCUT2D eigenvalue weighted by molar-refractivity contribution is 9.13. The Hall–Kier alpha value is -1.12. The molecular formula is C14H15Br2N3O2S. The predicted molar refractivity (Wildman–Crippen MR) is 97.6 cm³/mol. The van der Waals surface area contributed by atoms with Crippen LogP contribution in [0.2, 0.25) is 0 Å². The third kappa shape index (κ3) is 3.99. The van der Waals surface area contributed by atoms with Gasteiger partial charge in [0, 0.05) is 15.4 Å². The molecule has 5 nitrogen and oxygen atoms in total. The number of aryl methyl sites for hydroxylation is 1. The summed E-state index contributed by atoms with van der Waals surface area (Å²) in [7, 11) is 1.61. The van der Waals surface area contributed by atoms with Gasteiger partial charge in [0.05, 0.1) is 30.1 Å². The highest BCUT2D eigenvalue weighted by Gasteiger charge is 2.15. The summed E-state index contributed by atoms with van der Waals surface area (Å²) in [5.74, 6) is 1.31. The van der Waals surface area contributed by atoms with Crippen LogP contribution in [-0.4, -0.2) is 24.9 Å². The number of anilines is 1. The van der Waals surface area contributed by atoms with E-state index < -0.39 is 0 Å². The molecule has 22 heavy (non-hydrogen) atoms. The monoisotopic (exact) mass is 447 g/mol. The van der Waals surface area contributed by atoms with Crippen LogP contribution in [0.3, 0.4) is 0 Å². The van der Waals surface area contributed by atoms with Gasteiger partial charge >= 0.3 is 0 Å². The molecule has 0 unspecified atom stereocenters. The van der Waals surface area contributed by atoms with Crippen molar-refractivity contribution in [3.05, 3.63) is 31.6 Å². The fourth-order valence-electron chi connectivity index (χ4n) is 1.69. The summed E-state index contributed by atoms with van der Waals surface area (Å²) < 4.78 is 12.6. The maximum atomic E-state index is 5.60. The molecule has 1 heterocycles. The molecule has 0 spiro atoms. The minimum absolute atomic E-state index is 0.555. The maximum Gasteiger partial charge on any atom is 0.203 e. The Bertz CT molecular complexity index is 689. The molecule has 2 aromatic rings. The smallest absolute Gasteiger partial charge is 0.203 e. The van der Waals surface area contributed by atoms with Crippen molar-refractivity contribution in [1.82, 2.24) is 4.98 Å². The van der Waals surface area contributed by atoms with Crippen LogP contribution in [0.4, 0.5) is 5.13 Å². The van der Waals surface area contributed by atoms with Gasteiger partial charge in [-0.25, -0.2) is 4.98 Å². The first-order valence-corrected chi connectivity index (χ1v) is 8.93. The van der Waals surface area contributed by atoms with Gasteiger partial charge in [-0.05, 0) is 51.8 Å². The van der Waals surface area contributed by atoms with Gasteiger partial charge in [0.1, 0.15) is 0 Å². The second-order valence-corrected chi connectivity index (χ2v) is 6.67. The normalized spacial score (nSPS) is 11.0. The van der Waals surface area contributed by atoms with E-state index >= 15 is 0 Å². The molecule has 118 valence electrons. The Morgan fingerprint density at radius 2 is 2.18 bits per heavy atom. The number of hydrogen-bond donors (Lipinski definition) is 1. The van der Waals surface area contributed by atoms with E-state index in [-0.39, 0.29) is 0 Å². The van der Waals surface area contributed by atoms with E-state index in [0.29, 0.717) is 18.1 Å². The van der Waals surface area contributed by atoms with Crippen molar-refractivity contribution in [2.24, 2.45) is 5.10 Å². The Labute approximate surface area is 150 Å². The average Bonchev–Trinajstić information content (AvgIpc) is 2.92. The summed E-state index contributed by atoms with van der Waals surface area (Å²) in [6, 6.07) is 1.86. The first-order chi connectivity index (χ1) is 10.6. The summed E-state index contributed by atoms with van der Waals surface area (Å²) in [5.41, 5.74) is 4.73. The van der Waals surface area contributed by atoms with Crippen LogP contribution in [0.15, 0.2) is 25.5 Å². The van der Waals surface area contributed by atoms with Crippen molar-refractivity contribution in [2.75, 3.05) is 19.1 Å². The Morgan fingerprint density at radius 3 is 2.77 bits per heavy atom. The number of halogens is 2. The van der Waals surface area contributed by atoms with Crippen LogP contribution in [0.25, 0.3) is 0 Å². The molecule has 1 aromatic carbocycles. The molecule has 0 fully saturated rings. The molecule has 0 saturated carbocycles. The first-order valence-electron chi connectivity index (χ1n) is 6.46. The number of ether oxygens (including phenoxy) is 2. The van der Waals surface area contributed by atoms with Crippen LogP contribution in [0, 0.1) is 6.92 Å². The van der Waals surface area contributed by atoms with E-state index in [1.54, 1.807) is 13.3 Å². The lowest BCUT2D eigenvalue weighted by atomic mass is 10.2. The zero-order valence-electron chi connectivity index (χ0n) is 12.3. The molecule has 0 radical (unpaired) electrons. The summed E-state index contributed by atoms with van der Waals surface area (Å²) >= 11 is 8.57. The highest BCUT2D eigenvalue weighted by atomic mass is 79.9. The van der Waals surface area contributed by atoms with Crippen LogP contribution in [0.1, 0.15) is 18.2 Å². The van der Waals surface area contributed by atoms with E-state index in [1.807, 2.05) is 25.3 Å². The molecule has 0 atom stereocenters. The average molecular weight is 449 g/mol. The number of hydrogen-bond acceptors (Lipinski definition) is 6. The topological polar surface area (TPSA) is 55.7 Å². The minimum Gasteiger partial charge on any atom is -0.493 e. The summed E-state index contributed by atoms with van der Waals surface area (Å²) in [4.78, 5) is 4.28. The lowest BCUT2D eigenvalue weighted by molar-refractivity contribution is 0.308. The molecule has 0 aliphatic heterocycles. The fraction of sp³-hybridized carbons (Fsp3) is 0.286. The predicted octanol–water partition coefficient (Wildman–Crippen LogP) is 4.83. The van der Waals surface area contributed by atoms with Crippen LogP contribution < -0.4 is 14.9 Å². The maximum absolute atomic E-state index is 5.60. The third-order valence-corrected chi connectivity index (χ3v) is 5.66. The molecular weight excluding hydrogens is 434 g/mol. The van der Waals surface area contributed by atoms with E-state index in [4.69, 9.17) is 9.47 Å². The Balaban J connectivity index is 2.25. The van der Waals surface area contributed by atoms with E-state index in [0.717, 1.165) is 25.3 Å². The SMILES string of the molecule is CCOc1c(OC)cc(C=NNc2nc(C)cs2)c(Br)c1Br. The standard InChI is InChI=1S/C14H15Br2N3O2S/c1-4-21-13-10(20-3)5-9(11(15)12(13)16)6-17-19-14-18-8(2)7-22-14/h5-7H,4H2,1-3H3,(H,18,19). The second kappa shape index (κ2) is 7.94. The van der Waals surface area contributed by atoms with Crippen LogP contribution >= 0.6 is 43.2 Å². The molecule has 0 amide bonds. The summed E-state index contributed by atoms with van der Waals surface area (Å²) in [6.07, 6.45) is 1.70. The van der Waals surface area contributed by atoms with Crippen LogP contribution in [-0.2, 0) is 0 Å². The number of aromatic nitrogens is 1. The highest BCUT2D eigenvalue weighted by Crippen LogP contribution is 2.42. The van der Waals surface area contributed by atoms with Gasteiger partial charge in [0.25, 0.3) is 0 Å². The van der Waals surface area contributed by atoms with E-state index in [1.165, 1.54) is 11.3 Å². The van der Waals surface area contributed by atoms with Crippen molar-refractivity contribution in [3.63, 3.8) is 0 Å². The number of thiazole rings is 1. The molecule has 2 rings (SSSR count). The molecule has 1 N–H and O–H groups in total. The minimum atomic E-state index is 0.555. The summed E-state index contributed by atoms with van der Waals surface area (Å²) in [5, 5.41) is 6.92. The van der Waals surface area contributed by atoms with Gasteiger partial charge in [-0.3, -0.25) is 5.43 Å². The fourth-order valence-corrected chi connectivity index (χ4v) is 3.26. The molecule has 1 aromatic heterocycles. The summed E-state index contributed by atoms with van der Waals surface area (Å²) in [6.45, 7) is 4.42. The van der Waals surface area contributed by atoms with Gasteiger partial charge in [-0.1, -0.05) is 0 Å². The Morgan fingerprint density at radius 1 is 1.41 bits per heavy atom. The zero-order chi connectivity index (χ0) is 16.1. The molecule has 0 aliphatic rings. The second-order valence-electron chi connectivity index (χ2n) is 4.22. The van der Waals surface area contributed by atoms with Crippen molar-refractivity contribution in [1.29, 1.82) is 0 Å². The molecule has 0 saturated heterocycles. The number of rotatable bonds is 6. The molecule has 0 bridgehead atoms. The van der Waals surface area contributed by atoms with Crippen LogP contribution in [0.5, 0.6) is 11.5 Å². The van der Waals surface area contributed by atoms with Gasteiger partial charge in [0.2, 0.25) is 5.13 Å². The Kier molecular flexibility index (Phi) is 6.22. The van der Waals surface area contributed by atoms with Crippen molar-refractivity contribution >= 4 is 54.5 Å². The number of nitrogens with one attached hydrogen (secondary N) is 1. The molecule has 0 aliphatic carbocycles. The van der Waals surface area contributed by atoms with Crippen molar-refractivity contribution in [3.8, 4) is 11.5 Å². The largest absolute Gasteiger partial charge is 0.493 e. The quantitative estimate of drug-likeness (QED) is 0.507. The van der Waals surface area contributed by atoms with E-state index in [9.17, 15) is 0 Å². The van der Waals surface area contributed by atoms with Crippen molar-refractivity contribution < 1.29 is 9.47 Å². The third-order valence-electron chi connectivity index (χ3n) is 2.65.